The second kappa shape index (κ2) is 5.35. The summed E-state index contributed by atoms with van der Waals surface area (Å²) in [6, 6.07) is -2.07. The number of carboxylic acid groups (broad SMARTS) is 1. The molecule has 0 aromatic carbocycles. The van der Waals surface area contributed by atoms with Gasteiger partial charge in [0.2, 0.25) is 0 Å². The maximum Gasteiger partial charge on any atom is 0.409 e. The molecule has 22 heavy (non-hydrogen) atoms. The minimum atomic E-state index is -4.62. The molecule has 2 heterocycles. The number of hydrogen-bond donors (Lipinski definition) is 2. The van der Waals surface area contributed by atoms with E-state index in [2.05, 4.69) is 4.98 Å². The Bertz CT molecular complexity index is 778. The molecule has 0 saturated carbocycles. The predicted octanol–water partition coefficient (Wildman–Crippen LogP) is 2.43. The SMILES string of the molecule is CCn1cc(NC(=O)O)c2c(=O)n(C(C)C(F)(F)F)cnc21. The molecule has 1 unspecified atom stereocenters. The molecule has 2 aromatic heterocycles. The summed E-state index contributed by atoms with van der Waals surface area (Å²) in [6.45, 7) is 2.94. The van der Waals surface area contributed by atoms with Crippen molar-refractivity contribution in [2.45, 2.75) is 32.6 Å². The minimum Gasteiger partial charge on any atom is -0.465 e. The van der Waals surface area contributed by atoms with Gasteiger partial charge >= 0.3 is 12.3 Å². The Kier molecular flexibility index (Phi) is 3.86. The highest BCUT2D eigenvalue weighted by Gasteiger charge is 2.38. The van der Waals surface area contributed by atoms with Gasteiger partial charge in [-0.15, -0.1) is 0 Å². The Hall–Kier alpha value is -2.52. The molecule has 0 fully saturated rings. The molecular formula is C12H13F3N4O3. The molecule has 7 nitrogen and oxygen atoms in total. The average Bonchev–Trinajstić information content (AvgIpc) is 2.75. The third kappa shape index (κ3) is 2.63. The number of carbonyl (C=O) groups is 1. The summed E-state index contributed by atoms with van der Waals surface area (Å²) in [7, 11) is 0. The van der Waals surface area contributed by atoms with Gasteiger partial charge in [-0.25, -0.2) is 9.78 Å². The third-order valence-corrected chi connectivity index (χ3v) is 3.28. The van der Waals surface area contributed by atoms with E-state index >= 15 is 0 Å². The van der Waals surface area contributed by atoms with Crippen LogP contribution >= 0.6 is 0 Å². The van der Waals surface area contributed by atoms with Crippen LogP contribution in [0.3, 0.4) is 0 Å². The Morgan fingerprint density at radius 1 is 1.50 bits per heavy atom. The highest BCUT2D eigenvalue weighted by Crippen LogP contribution is 2.29. The molecular weight excluding hydrogens is 305 g/mol. The summed E-state index contributed by atoms with van der Waals surface area (Å²) < 4.78 is 40.3. The number of nitrogens with one attached hydrogen (secondary N) is 1. The quantitative estimate of drug-likeness (QED) is 0.909. The number of aromatic nitrogens is 3. The lowest BCUT2D eigenvalue weighted by atomic mass is 10.3. The standard InChI is InChI=1S/C12H13F3N4O3/c1-3-18-4-7(17-11(21)22)8-9(18)16-5-19(10(8)20)6(2)12(13,14)15/h4-6,17H,3H2,1-2H3,(H,21,22). The number of fused-ring (bicyclic) bond motifs is 1. The van der Waals surface area contributed by atoms with Gasteiger partial charge in [0.25, 0.3) is 5.56 Å². The van der Waals surface area contributed by atoms with Crippen molar-refractivity contribution in [1.82, 2.24) is 14.1 Å². The van der Waals surface area contributed by atoms with Gasteiger partial charge < -0.3 is 9.67 Å². The number of halogens is 3. The van der Waals surface area contributed by atoms with Crippen molar-refractivity contribution in [3.63, 3.8) is 0 Å². The Labute approximate surface area is 122 Å². The van der Waals surface area contributed by atoms with Crippen LogP contribution in [-0.2, 0) is 6.54 Å². The molecule has 0 aliphatic carbocycles. The van der Waals surface area contributed by atoms with Crippen molar-refractivity contribution in [2.24, 2.45) is 0 Å². The largest absolute Gasteiger partial charge is 0.465 e. The number of nitrogens with zero attached hydrogens (tertiary/aromatic N) is 3. The smallest absolute Gasteiger partial charge is 0.409 e. The first kappa shape index (κ1) is 15.9. The fourth-order valence-electron chi connectivity index (χ4n) is 2.08. The molecule has 2 N–H and O–H groups in total. The zero-order chi connectivity index (χ0) is 16.7. The summed E-state index contributed by atoms with van der Waals surface area (Å²) in [5.74, 6) is 0. The van der Waals surface area contributed by atoms with E-state index in [9.17, 15) is 22.8 Å². The van der Waals surface area contributed by atoms with E-state index in [0.29, 0.717) is 11.1 Å². The molecule has 10 heteroatoms. The van der Waals surface area contributed by atoms with E-state index in [1.807, 2.05) is 5.32 Å². The number of alkyl halides is 3. The first-order chi connectivity index (χ1) is 10.2. The topological polar surface area (TPSA) is 89.2 Å². The van der Waals surface area contributed by atoms with Gasteiger partial charge in [-0.2, -0.15) is 13.2 Å². The molecule has 1 amide bonds. The molecule has 1 atom stereocenters. The maximum absolute atomic E-state index is 12.8. The molecule has 2 aromatic rings. The van der Waals surface area contributed by atoms with Crippen molar-refractivity contribution < 1.29 is 23.1 Å². The first-order valence-electron chi connectivity index (χ1n) is 6.33. The van der Waals surface area contributed by atoms with Crippen LogP contribution in [0.5, 0.6) is 0 Å². The van der Waals surface area contributed by atoms with Gasteiger partial charge in [0.1, 0.15) is 23.4 Å². The van der Waals surface area contributed by atoms with Crippen LogP contribution in [0.4, 0.5) is 23.7 Å². The Morgan fingerprint density at radius 2 is 2.14 bits per heavy atom. The van der Waals surface area contributed by atoms with Crippen LogP contribution in [0.1, 0.15) is 19.9 Å². The summed E-state index contributed by atoms with van der Waals surface area (Å²) in [4.78, 5) is 27.0. The normalized spacial score (nSPS) is 13.3. The minimum absolute atomic E-state index is 0.0921. The number of hydrogen-bond acceptors (Lipinski definition) is 3. The number of aryl methyl sites for hydroxylation is 1. The lowest BCUT2D eigenvalue weighted by Gasteiger charge is -2.18. The van der Waals surface area contributed by atoms with E-state index in [1.165, 1.54) is 10.8 Å². The fourth-order valence-corrected chi connectivity index (χ4v) is 2.08. The molecule has 2 rings (SSSR count). The zero-order valence-corrected chi connectivity index (χ0v) is 11.7. The Balaban J connectivity index is 2.73. The van der Waals surface area contributed by atoms with Crippen molar-refractivity contribution >= 4 is 22.8 Å². The molecule has 0 aliphatic heterocycles. The third-order valence-electron chi connectivity index (χ3n) is 3.28. The van der Waals surface area contributed by atoms with Crippen LogP contribution in [0.2, 0.25) is 0 Å². The van der Waals surface area contributed by atoms with Crippen molar-refractivity contribution in [1.29, 1.82) is 0 Å². The lowest BCUT2D eigenvalue weighted by molar-refractivity contribution is -0.163. The van der Waals surface area contributed by atoms with E-state index in [-0.39, 0.29) is 16.7 Å². The molecule has 0 spiro atoms. The van der Waals surface area contributed by atoms with Crippen molar-refractivity contribution in [3.05, 3.63) is 22.9 Å². The van der Waals surface area contributed by atoms with Crippen molar-refractivity contribution in [2.75, 3.05) is 5.32 Å². The van der Waals surface area contributed by atoms with Gasteiger partial charge in [-0.1, -0.05) is 0 Å². The monoisotopic (exact) mass is 318 g/mol. The van der Waals surface area contributed by atoms with E-state index in [0.717, 1.165) is 13.3 Å². The average molecular weight is 318 g/mol. The predicted molar refractivity (Wildman–Crippen MR) is 72.1 cm³/mol. The molecule has 0 saturated heterocycles. The highest BCUT2D eigenvalue weighted by molar-refractivity contribution is 5.97. The van der Waals surface area contributed by atoms with Crippen LogP contribution in [0.15, 0.2) is 17.3 Å². The van der Waals surface area contributed by atoms with E-state index in [4.69, 9.17) is 5.11 Å². The van der Waals surface area contributed by atoms with Gasteiger partial charge in [-0.05, 0) is 13.8 Å². The molecule has 0 aliphatic rings. The van der Waals surface area contributed by atoms with E-state index in [1.54, 1.807) is 6.92 Å². The Morgan fingerprint density at radius 3 is 2.64 bits per heavy atom. The first-order valence-corrected chi connectivity index (χ1v) is 6.33. The summed E-state index contributed by atoms with van der Waals surface area (Å²) in [5.41, 5.74) is -0.918. The van der Waals surface area contributed by atoms with Crippen LogP contribution in [0, 0.1) is 0 Å². The highest BCUT2D eigenvalue weighted by atomic mass is 19.4. The van der Waals surface area contributed by atoms with Crippen LogP contribution < -0.4 is 10.9 Å². The number of rotatable bonds is 3. The van der Waals surface area contributed by atoms with Gasteiger partial charge in [0.15, 0.2) is 0 Å². The summed E-state index contributed by atoms with van der Waals surface area (Å²) >= 11 is 0. The summed E-state index contributed by atoms with van der Waals surface area (Å²) in [5, 5.41) is 10.6. The number of amides is 1. The number of anilines is 1. The van der Waals surface area contributed by atoms with E-state index < -0.39 is 23.9 Å². The molecule has 120 valence electrons. The van der Waals surface area contributed by atoms with Gasteiger partial charge in [0.05, 0.1) is 5.69 Å². The van der Waals surface area contributed by atoms with Gasteiger partial charge in [0, 0.05) is 12.7 Å². The summed E-state index contributed by atoms with van der Waals surface area (Å²) in [6.07, 6.45) is -3.89. The second-order valence-corrected chi connectivity index (χ2v) is 4.63. The maximum atomic E-state index is 12.8. The lowest BCUT2D eigenvalue weighted by Crippen LogP contribution is -2.32. The zero-order valence-electron chi connectivity index (χ0n) is 11.7. The van der Waals surface area contributed by atoms with Gasteiger partial charge in [-0.3, -0.25) is 14.7 Å². The molecule has 0 radical (unpaired) electrons. The second-order valence-electron chi connectivity index (χ2n) is 4.63. The van der Waals surface area contributed by atoms with Crippen LogP contribution in [-0.4, -0.2) is 31.5 Å². The molecule has 0 bridgehead atoms. The fraction of sp³-hybridized carbons (Fsp3) is 0.417. The van der Waals surface area contributed by atoms with Crippen LogP contribution in [0.25, 0.3) is 11.0 Å². The van der Waals surface area contributed by atoms with Crippen molar-refractivity contribution in [3.8, 4) is 0 Å².